The number of aromatic nitrogens is 2. The molecule has 0 spiro atoms. The first kappa shape index (κ1) is 22.2. The SMILES string of the molecule is Cc1nc([C@@H]2CCCN(C(=O)C3CCCC3)C2)nc(C)c1CC(=O)NC1CCCCC1. The first-order chi connectivity index (χ1) is 15.0. The zero-order chi connectivity index (χ0) is 21.8. The van der Waals surface area contributed by atoms with E-state index >= 15 is 0 Å². The highest BCUT2D eigenvalue weighted by atomic mass is 16.2. The van der Waals surface area contributed by atoms with Gasteiger partial charge in [0.05, 0.1) is 6.42 Å². The standard InChI is InChI=1S/C25H38N4O2/c1-17-22(15-23(30)28-21-12-4-3-5-13-21)18(2)27-24(26-17)20-11-8-14-29(16-20)25(31)19-9-6-7-10-19/h19-21H,3-16H2,1-2H3,(H,28,30)/t20-/m1/s1. The Morgan fingerprint density at radius 2 is 1.55 bits per heavy atom. The Kier molecular flexibility index (Phi) is 7.24. The van der Waals surface area contributed by atoms with Gasteiger partial charge in [0.15, 0.2) is 0 Å². The summed E-state index contributed by atoms with van der Waals surface area (Å²) in [5.41, 5.74) is 2.76. The minimum absolute atomic E-state index is 0.0838. The molecule has 2 heterocycles. The molecule has 4 rings (SSSR count). The quantitative estimate of drug-likeness (QED) is 0.773. The van der Waals surface area contributed by atoms with Crippen LogP contribution in [0, 0.1) is 19.8 Å². The summed E-state index contributed by atoms with van der Waals surface area (Å²) in [6.45, 7) is 5.58. The normalized spacial score (nSPS) is 23.2. The molecule has 0 bridgehead atoms. The minimum atomic E-state index is 0.0838. The Morgan fingerprint density at radius 1 is 0.903 bits per heavy atom. The number of piperidine rings is 1. The zero-order valence-electron chi connectivity index (χ0n) is 19.3. The predicted octanol–water partition coefficient (Wildman–Crippen LogP) is 3.98. The van der Waals surface area contributed by atoms with Gasteiger partial charge in [-0.2, -0.15) is 0 Å². The van der Waals surface area contributed by atoms with E-state index < -0.39 is 0 Å². The molecule has 6 nitrogen and oxygen atoms in total. The van der Waals surface area contributed by atoms with E-state index in [9.17, 15) is 9.59 Å². The summed E-state index contributed by atoms with van der Waals surface area (Å²) >= 11 is 0. The molecular formula is C25H38N4O2. The number of nitrogens with zero attached hydrogens (tertiary/aromatic N) is 3. The monoisotopic (exact) mass is 426 g/mol. The third kappa shape index (κ3) is 5.45. The number of aryl methyl sites for hydroxylation is 2. The molecule has 3 aliphatic rings. The van der Waals surface area contributed by atoms with Crippen LogP contribution in [-0.2, 0) is 16.0 Å². The molecule has 6 heteroatoms. The van der Waals surface area contributed by atoms with Crippen molar-refractivity contribution in [3.8, 4) is 0 Å². The maximum atomic E-state index is 12.9. The van der Waals surface area contributed by atoms with Crippen molar-refractivity contribution in [1.82, 2.24) is 20.2 Å². The third-order valence-corrected chi connectivity index (χ3v) is 7.55. The molecule has 0 aromatic carbocycles. The van der Waals surface area contributed by atoms with Gasteiger partial charge in [-0.1, -0.05) is 32.1 Å². The maximum absolute atomic E-state index is 12.9. The van der Waals surface area contributed by atoms with Crippen LogP contribution in [0.4, 0.5) is 0 Å². The first-order valence-corrected chi connectivity index (χ1v) is 12.4. The lowest BCUT2D eigenvalue weighted by molar-refractivity contribution is -0.136. The topological polar surface area (TPSA) is 75.2 Å². The Morgan fingerprint density at radius 3 is 2.23 bits per heavy atom. The highest BCUT2D eigenvalue weighted by Gasteiger charge is 2.32. The van der Waals surface area contributed by atoms with E-state index in [1.807, 2.05) is 13.8 Å². The number of likely N-dealkylation sites (tertiary alicyclic amines) is 1. The number of carbonyl (C=O) groups is 2. The van der Waals surface area contributed by atoms with Crippen molar-refractivity contribution in [3.05, 3.63) is 22.8 Å². The maximum Gasteiger partial charge on any atom is 0.225 e. The average Bonchev–Trinajstić information content (AvgIpc) is 3.31. The predicted molar refractivity (Wildman–Crippen MR) is 121 cm³/mol. The number of hydrogen-bond acceptors (Lipinski definition) is 4. The second kappa shape index (κ2) is 10.1. The van der Waals surface area contributed by atoms with Crippen LogP contribution in [-0.4, -0.2) is 45.8 Å². The highest BCUT2D eigenvalue weighted by molar-refractivity contribution is 5.80. The number of rotatable bonds is 5. The van der Waals surface area contributed by atoms with Crippen molar-refractivity contribution in [2.24, 2.45) is 5.92 Å². The van der Waals surface area contributed by atoms with E-state index in [0.717, 1.165) is 74.4 Å². The van der Waals surface area contributed by atoms with Gasteiger partial charge in [-0.05, 0) is 52.4 Å². The fourth-order valence-corrected chi connectivity index (χ4v) is 5.71. The second-order valence-electron chi connectivity index (χ2n) is 9.92. The van der Waals surface area contributed by atoms with Gasteiger partial charge < -0.3 is 10.2 Å². The Labute approximate surface area is 186 Å². The van der Waals surface area contributed by atoms with E-state index in [1.54, 1.807) is 0 Å². The van der Waals surface area contributed by atoms with Crippen LogP contribution in [0.5, 0.6) is 0 Å². The largest absolute Gasteiger partial charge is 0.353 e. The van der Waals surface area contributed by atoms with Gasteiger partial charge in [-0.25, -0.2) is 9.97 Å². The van der Waals surface area contributed by atoms with E-state index in [0.29, 0.717) is 18.4 Å². The van der Waals surface area contributed by atoms with Gasteiger partial charge in [0.2, 0.25) is 11.8 Å². The number of nitrogens with one attached hydrogen (secondary N) is 1. The van der Waals surface area contributed by atoms with E-state index in [4.69, 9.17) is 9.97 Å². The highest BCUT2D eigenvalue weighted by Crippen LogP contribution is 2.31. The fraction of sp³-hybridized carbons (Fsp3) is 0.760. The van der Waals surface area contributed by atoms with Crippen molar-refractivity contribution in [2.45, 2.75) is 103 Å². The Hall–Kier alpha value is -1.98. The van der Waals surface area contributed by atoms with Crippen molar-refractivity contribution < 1.29 is 9.59 Å². The van der Waals surface area contributed by atoms with Gasteiger partial charge in [-0.15, -0.1) is 0 Å². The summed E-state index contributed by atoms with van der Waals surface area (Å²) in [6, 6.07) is 0.327. The van der Waals surface area contributed by atoms with E-state index in [-0.39, 0.29) is 17.7 Å². The molecule has 1 aromatic heterocycles. The lowest BCUT2D eigenvalue weighted by Crippen LogP contribution is -2.42. The van der Waals surface area contributed by atoms with E-state index in [1.165, 1.54) is 32.1 Å². The van der Waals surface area contributed by atoms with Crippen LogP contribution in [0.1, 0.15) is 99.3 Å². The van der Waals surface area contributed by atoms with Crippen LogP contribution in [0.25, 0.3) is 0 Å². The minimum Gasteiger partial charge on any atom is -0.353 e. The van der Waals surface area contributed by atoms with Gasteiger partial charge in [0, 0.05) is 47.9 Å². The molecule has 1 aliphatic heterocycles. The van der Waals surface area contributed by atoms with Crippen LogP contribution < -0.4 is 5.32 Å². The van der Waals surface area contributed by atoms with Crippen molar-refractivity contribution in [3.63, 3.8) is 0 Å². The molecule has 1 saturated heterocycles. The van der Waals surface area contributed by atoms with Crippen LogP contribution in [0.2, 0.25) is 0 Å². The molecule has 0 unspecified atom stereocenters. The molecule has 1 N–H and O–H groups in total. The first-order valence-electron chi connectivity index (χ1n) is 12.4. The zero-order valence-corrected chi connectivity index (χ0v) is 19.3. The van der Waals surface area contributed by atoms with Crippen molar-refractivity contribution in [2.75, 3.05) is 13.1 Å². The fourth-order valence-electron chi connectivity index (χ4n) is 5.71. The summed E-state index contributed by atoms with van der Waals surface area (Å²) in [5.74, 6) is 1.69. The number of hydrogen-bond donors (Lipinski definition) is 1. The molecule has 1 aromatic rings. The summed E-state index contributed by atoms with van der Waals surface area (Å²) in [7, 11) is 0. The van der Waals surface area contributed by atoms with Gasteiger partial charge in [0.25, 0.3) is 0 Å². The molecule has 3 fully saturated rings. The summed E-state index contributed by atoms with van der Waals surface area (Å²) < 4.78 is 0. The van der Waals surface area contributed by atoms with Crippen LogP contribution in [0.15, 0.2) is 0 Å². The third-order valence-electron chi connectivity index (χ3n) is 7.55. The van der Waals surface area contributed by atoms with Gasteiger partial charge in [0.1, 0.15) is 5.82 Å². The molecular weight excluding hydrogens is 388 g/mol. The molecule has 170 valence electrons. The number of carbonyl (C=O) groups excluding carboxylic acids is 2. The Balaban J connectivity index is 1.40. The van der Waals surface area contributed by atoms with Crippen LogP contribution >= 0.6 is 0 Å². The molecule has 2 aliphatic carbocycles. The summed E-state index contributed by atoms with van der Waals surface area (Å²) in [4.78, 5) is 37.2. The van der Waals surface area contributed by atoms with Crippen molar-refractivity contribution >= 4 is 11.8 Å². The van der Waals surface area contributed by atoms with Gasteiger partial charge >= 0.3 is 0 Å². The van der Waals surface area contributed by atoms with Crippen molar-refractivity contribution in [1.29, 1.82) is 0 Å². The Bertz CT molecular complexity index is 774. The van der Waals surface area contributed by atoms with Gasteiger partial charge in [-0.3, -0.25) is 9.59 Å². The lowest BCUT2D eigenvalue weighted by atomic mass is 9.94. The smallest absolute Gasteiger partial charge is 0.225 e. The molecule has 0 radical (unpaired) electrons. The van der Waals surface area contributed by atoms with E-state index in [2.05, 4.69) is 10.2 Å². The molecule has 1 atom stereocenters. The summed E-state index contributed by atoms with van der Waals surface area (Å²) in [5, 5.41) is 3.21. The van der Waals surface area contributed by atoms with Crippen LogP contribution in [0.3, 0.4) is 0 Å². The number of amides is 2. The second-order valence-corrected chi connectivity index (χ2v) is 9.92. The molecule has 2 saturated carbocycles. The molecule has 31 heavy (non-hydrogen) atoms. The lowest BCUT2D eigenvalue weighted by Gasteiger charge is -2.34. The molecule has 2 amide bonds. The summed E-state index contributed by atoms with van der Waals surface area (Å²) in [6.07, 6.45) is 12.7. The average molecular weight is 427 g/mol.